The van der Waals surface area contributed by atoms with Crippen LogP contribution in [0.4, 0.5) is 8.78 Å². The number of amides is 2. The van der Waals surface area contributed by atoms with Gasteiger partial charge in [-0.3, -0.25) is 39.0 Å². The molecule has 0 radical (unpaired) electrons. The highest BCUT2D eigenvalue weighted by Gasteiger charge is 2.43. The van der Waals surface area contributed by atoms with Crippen molar-refractivity contribution in [1.29, 1.82) is 0 Å². The first-order valence-corrected chi connectivity index (χ1v) is 20.2. The Morgan fingerprint density at radius 3 is 2.06 bits per heavy atom. The minimum absolute atomic E-state index is 0.0267. The summed E-state index contributed by atoms with van der Waals surface area (Å²) < 4.78 is 49.9. The predicted molar refractivity (Wildman–Crippen MR) is 223 cm³/mol. The third-order valence-corrected chi connectivity index (χ3v) is 11.3. The molecular weight excluding hydrogens is 815 g/mol. The summed E-state index contributed by atoms with van der Waals surface area (Å²) >= 11 is 0. The number of hydrogen-bond donors (Lipinski definition) is 1. The lowest BCUT2D eigenvalue weighted by Gasteiger charge is -2.48. The standard InChI is InChI=1S/C46H38F2N8O7/c47-29-10-12-32-38(24-29)61-22-6-4-19-52-28-55(40(32)34-8-1-2-16-49-34)54-21-15-37(58)44(43(54)46(52)60)63-31-14-17-50-35(26-31)41-33-13-11-30(48)25-39(33)62-23-5-3-18-51-27-56(41)53-20-7-9-36(57)42(53)45(51)59/h1-8,10-17,20-21,24-26,40-41,57H,9,18-19,22-23,27-28H2/b5-3-,6-4-/t40-,41+/m0/s1. The van der Waals surface area contributed by atoms with E-state index in [1.54, 1.807) is 97.6 Å². The van der Waals surface area contributed by atoms with E-state index >= 15 is 0 Å². The normalized spacial score (nSPS) is 21.7. The molecule has 2 amide bonds. The fraction of sp³-hybridized carbons (Fsp3) is 0.196. The van der Waals surface area contributed by atoms with E-state index in [2.05, 4.69) is 4.98 Å². The fourth-order valence-electron chi connectivity index (χ4n) is 8.40. The molecule has 5 aromatic rings. The second-order valence-corrected chi connectivity index (χ2v) is 15.2. The summed E-state index contributed by atoms with van der Waals surface area (Å²) in [6.45, 7) is 0.598. The number of pyridine rings is 3. The smallest absolute Gasteiger partial charge is 0.278 e. The van der Waals surface area contributed by atoms with Crippen LogP contribution >= 0.6 is 0 Å². The molecule has 1 saturated heterocycles. The van der Waals surface area contributed by atoms with Crippen LogP contribution in [0.3, 0.4) is 0 Å². The maximum Gasteiger partial charge on any atom is 0.278 e. The second-order valence-electron chi connectivity index (χ2n) is 15.2. The molecule has 2 aromatic carbocycles. The molecule has 0 saturated carbocycles. The van der Waals surface area contributed by atoms with E-state index in [9.17, 15) is 28.3 Å². The van der Waals surface area contributed by atoms with Crippen molar-refractivity contribution in [2.75, 3.05) is 44.6 Å². The molecule has 63 heavy (non-hydrogen) atoms. The van der Waals surface area contributed by atoms with E-state index in [0.29, 0.717) is 22.5 Å². The number of halogens is 2. The Bertz CT molecular complexity index is 2830. The minimum atomic E-state index is -0.894. The number of hydrogen-bond acceptors (Lipinski definition) is 12. The molecule has 318 valence electrons. The zero-order chi connectivity index (χ0) is 43.2. The van der Waals surface area contributed by atoms with Crippen LogP contribution in [0.15, 0.2) is 144 Å². The number of ether oxygens (including phenoxy) is 3. The van der Waals surface area contributed by atoms with E-state index in [4.69, 9.17) is 19.2 Å². The molecule has 4 bridgehead atoms. The van der Waals surface area contributed by atoms with Gasteiger partial charge in [0.2, 0.25) is 11.2 Å². The highest BCUT2D eigenvalue weighted by Crippen LogP contribution is 2.42. The van der Waals surface area contributed by atoms with Gasteiger partial charge in [-0.2, -0.15) is 5.01 Å². The molecule has 0 spiro atoms. The number of benzene rings is 2. The van der Waals surface area contributed by atoms with Gasteiger partial charge in [0.15, 0.2) is 11.4 Å². The van der Waals surface area contributed by atoms with Gasteiger partial charge in [-0.1, -0.05) is 30.4 Å². The number of aliphatic hydroxyl groups excluding tert-OH is 1. The van der Waals surface area contributed by atoms with Gasteiger partial charge in [0.1, 0.15) is 66.6 Å². The highest BCUT2D eigenvalue weighted by atomic mass is 19.1. The number of fused-ring (bicyclic) bond motifs is 10. The summed E-state index contributed by atoms with van der Waals surface area (Å²) in [5.41, 5.74) is 1.36. The van der Waals surface area contributed by atoms with Crippen LogP contribution in [0.2, 0.25) is 0 Å². The SMILES string of the molecule is O=C1C2=C(O)CC=CN2N2CN1C/C=C\COc1cc(F)ccc1[C@@H]2c1cc(Oc2c3n(ccc2=O)N2CN(C/C=C\COc4cc(F)ccc4[C@H]2c2ccccn2)C3=O)ccn1. The summed E-state index contributed by atoms with van der Waals surface area (Å²) in [6.07, 6.45) is 15.2. The van der Waals surface area contributed by atoms with Crippen molar-refractivity contribution in [3.05, 3.63) is 189 Å². The lowest BCUT2D eigenvalue weighted by Crippen LogP contribution is -2.58. The van der Waals surface area contributed by atoms with Crippen molar-refractivity contribution >= 4 is 11.8 Å². The second kappa shape index (κ2) is 16.2. The summed E-state index contributed by atoms with van der Waals surface area (Å²) in [7, 11) is 0. The Labute approximate surface area is 358 Å². The van der Waals surface area contributed by atoms with Gasteiger partial charge in [0.25, 0.3) is 11.8 Å². The first kappa shape index (κ1) is 39.4. The fourth-order valence-corrected chi connectivity index (χ4v) is 8.40. The van der Waals surface area contributed by atoms with Crippen molar-refractivity contribution in [2.24, 2.45) is 0 Å². The quantitative estimate of drug-likeness (QED) is 0.217. The highest BCUT2D eigenvalue weighted by molar-refractivity contribution is 5.96. The van der Waals surface area contributed by atoms with E-state index in [0.717, 1.165) is 0 Å². The summed E-state index contributed by atoms with van der Waals surface area (Å²) in [4.78, 5) is 55.0. The van der Waals surface area contributed by atoms with Gasteiger partial charge < -0.3 is 29.1 Å². The minimum Gasteiger partial charge on any atom is -0.510 e. The molecule has 1 fully saturated rings. The molecule has 3 atom stereocenters. The van der Waals surface area contributed by atoms with Crippen LogP contribution in [0.5, 0.6) is 23.0 Å². The van der Waals surface area contributed by atoms with Crippen LogP contribution in [0, 0.1) is 11.6 Å². The Morgan fingerprint density at radius 2 is 1.37 bits per heavy atom. The maximum absolute atomic E-state index is 14.9. The van der Waals surface area contributed by atoms with Crippen molar-refractivity contribution in [3.8, 4) is 23.0 Å². The number of carbonyl (C=O) groups excluding carboxylic acids is 2. The lowest BCUT2D eigenvalue weighted by atomic mass is 10.00. The van der Waals surface area contributed by atoms with E-state index in [1.165, 1.54) is 42.7 Å². The number of nitrogens with zero attached hydrogens (tertiary/aromatic N) is 8. The number of hydrazine groups is 1. The Morgan fingerprint density at radius 1 is 0.698 bits per heavy atom. The van der Waals surface area contributed by atoms with Gasteiger partial charge in [0, 0.05) is 79.7 Å². The molecule has 5 aliphatic heterocycles. The molecule has 8 heterocycles. The monoisotopic (exact) mass is 852 g/mol. The largest absolute Gasteiger partial charge is 0.510 e. The van der Waals surface area contributed by atoms with Crippen molar-refractivity contribution in [2.45, 2.75) is 18.5 Å². The molecule has 10 rings (SSSR count). The van der Waals surface area contributed by atoms with Gasteiger partial charge >= 0.3 is 0 Å². The van der Waals surface area contributed by atoms with Gasteiger partial charge in [0.05, 0.1) is 18.1 Å². The lowest BCUT2D eigenvalue weighted by molar-refractivity contribution is -0.148. The van der Waals surface area contributed by atoms with Crippen molar-refractivity contribution in [1.82, 2.24) is 34.5 Å². The molecule has 15 nitrogen and oxygen atoms in total. The molecule has 0 aliphatic carbocycles. The Balaban J connectivity index is 1.11. The average molecular weight is 853 g/mol. The van der Waals surface area contributed by atoms with Crippen molar-refractivity contribution in [3.63, 3.8) is 0 Å². The first-order chi connectivity index (χ1) is 30.7. The molecule has 3 aromatic heterocycles. The van der Waals surface area contributed by atoms with Gasteiger partial charge in [-0.05, 0) is 48.6 Å². The van der Waals surface area contributed by atoms with Crippen LogP contribution in [0.25, 0.3) is 0 Å². The van der Waals surface area contributed by atoms with Gasteiger partial charge in [-0.25, -0.2) is 8.78 Å². The number of allylic oxidation sites excluding steroid dienone is 1. The van der Waals surface area contributed by atoms with Crippen LogP contribution in [-0.2, 0) is 4.79 Å². The van der Waals surface area contributed by atoms with Crippen LogP contribution < -0.4 is 24.6 Å². The number of aromatic nitrogens is 3. The third-order valence-electron chi connectivity index (χ3n) is 11.3. The first-order valence-electron chi connectivity index (χ1n) is 20.2. The average Bonchev–Trinajstić information content (AvgIpc) is 3.33. The van der Waals surface area contributed by atoms with Gasteiger partial charge in [-0.15, -0.1) is 0 Å². The van der Waals surface area contributed by atoms with Crippen LogP contribution in [0.1, 0.15) is 51.5 Å². The Hall–Kier alpha value is -7.79. The van der Waals surface area contributed by atoms with E-state index in [1.807, 2.05) is 17.1 Å². The summed E-state index contributed by atoms with van der Waals surface area (Å²) in [5, 5.41) is 16.3. The van der Waals surface area contributed by atoms with E-state index in [-0.39, 0.29) is 92.1 Å². The zero-order valence-corrected chi connectivity index (χ0v) is 33.5. The van der Waals surface area contributed by atoms with E-state index < -0.39 is 35.1 Å². The molecule has 1 N–H and O–H groups in total. The summed E-state index contributed by atoms with van der Waals surface area (Å²) in [6, 6.07) is 16.7. The third kappa shape index (κ3) is 7.21. The van der Waals surface area contributed by atoms with Crippen molar-refractivity contribution < 1.29 is 37.7 Å². The zero-order valence-electron chi connectivity index (χ0n) is 33.5. The molecular formula is C46H38F2N8O7. The van der Waals surface area contributed by atoms with Crippen LogP contribution in [-0.4, -0.2) is 91.0 Å². The topological polar surface area (TPSA) is 146 Å². The maximum atomic E-state index is 14.9. The number of aliphatic hydroxyl groups is 1. The molecule has 5 aliphatic rings. The predicted octanol–water partition coefficient (Wildman–Crippen LogP) is 5.84. The number of carbonyl (C=O) groups is 2. The molecule has 17 heteroatoms. The summed E-state index contributed by atoms with van der Waals surface area (Å²) in [5.74, 6) is -1.65. The molecule has 1 unspecified atom stereocenters. The Kier molecular flexibility index (Phi) is 10.1. The number of rotatable bonds is 4.